The fourth-order valence-corrected chi connectivity index (χ4v) is 6.75. The van der Waals surface area contributed by atoms with Crippen molar-refractivity contribution < 1.29 is 19.1 Å². The molecule has 1 aromatic carbocycles. The van der Waals surface area contributed by atoms with Crippen LogP contribution in [-0.2, 0) is 9.59 Å². The van der Waals surface area contributed by atoms with E-state index in [4.69, 9.17) is 9.47 Å². The van der Waals surface area contributed by atoms with Gasteiger partial charge < -0.3 is 19.7 Å². The molecule has 4 saturated carbocycles. The number of anilines is 1. The molecule has 0 radical (unpaired) electrons. The van der Waals surface area contributed by atoms with Crippen molar-refractivity contribution in [2.45, 2.75) is 50.5 Å². The monoisotopic (exact) mass is 398 g/mol. The number of carbonyl (C=O) groups excluding carboxylic acids is 2. The summed E-state index contributed by atoms with van der Waals surface area (Å²) in [4.78, 5) is 27.6. The van der Waals surface area contributed by atoms with Crippen LogP contribution in [0.5, 0.6) is 11.5 Å². The van der Waals surface area contributed by atoms with E-state index in [9.17, 15) is 9.59 Å². The SMILES string of the molecule is COc1ccc(OC)c(N2CC(C(=O)NC34CC5CC(CC(C5)C3)C4)CC2=O)c1. The highest BCUT2D eigenvalue weighted by molar-refractivity contribution is 6.01. The number of amides is 2. The molecule has 6 nitrogen and oxygen atoms in total. The fourth-order valence-electron chi connectivity index (χ4n) is 6.75. The van der Waals surface area contributed by atoms with E-state index in [1.807, 2.05) is 0 Å². The Morgan fingerprint density at radius 2 is 1.72 bits per heavy atom. The predicted molar refractivity (Wildman–Crippen MR) is 109 cm³/mol. The summed E-state index contributed by atoms with van der Waals surface area (Å²) in [6.07, 6.45) is 7.66. The number of methoxy groups -OCH3 is 2. The van der Waals surface area contributed by atoms with E-state index in [0.717, 1.165) is 37.0 Å². The van der Waals surface area contributed by atoms with Gasteiger partial charge in [0.15, 0.2) is 0 Å². The molecule has 1 heterocycles. The van der Waals surface area contributed by atoms with E-state index in [1.165, 1.54) is 19.3 Å². The molecule has 1 unspecified atom stereocenters. The number of hydrogen-bond acceptors (Lipinski definition) is 4. The molecule has 6 heteroatoms. The van der Waals surface area contributed by atoms with E-state index in [-0.39, 0.29) is 29.7 Å². The Morgan fingerprint density at radius 1 is 1.07 bits per heavy atom. The average molecular weight is 399 g/mol. The van der Waals surface area contributed by atoms with Crippen LogP contribution >= 0.6 is 0 Å². The summed E-state index contributed by atoms with van der Waals surface area (Å²) < 4.78 is 10.8. The fraction of sp³-hybridized carbons (Fsp3) is 0.652. The Balaban J connectivity index is 1.31. The van der Waals surface area contributed by atoms with Crippen molar-refractivity contribution in [2.24, 2.45) is 23.7 Å². The lowest BCUT2D eigenvalue weighted by atomic mass is 9.53. The van der Waals surface area contributed by atoms with Crippen LogP contribution in [0.3, 0.4) is 0 Å². The van der Waals surface area contributed by atoms with Crippen molar-refractivity contribution >= 4 is 17.5 Å². The number of benzene rings is 1. The Kier molecular flexibility index (Phi) is 4.48. The quantitative estimate of drug-likeness (QED) is 0.827. The molecule has 0 spiro atoms. The molecule has 4 aliphatic carbocycles. The summed E-state index contributed by atoms with van der Waals surface area (Å²) in [6, 6.07) is 5.40. The molecule has 2 amide bonds. The van der Waals surface area contributed by atoms with Crippen LogP contribution in [0.1, 0.15) is 44.9 Å². The molecule has 1 aromatic rings. The van der Waals surface area contributed by atoms with Gasteiger partial charge in [0.1, 0.15) is 11.5 Å². The molecule has 6 rings (SSSR count). The van der Waals surface area contributed by atoms with Gasteiger partial charge in [0.2, 0.25) is 11.8 Å². The molecular weight excluding hydrogens is 368 g/mol. The lowest BCUT2D eigenvalue weighted by Gasteiger charge is -2.57. The maximum atomic E-state index is 13.2. The molecule has 5 aliphatic rings. The van der Waals surface area contributed by atoms with E-state index in [1.54, 1.807) is 37.3 Å². The van der Waals surface area contributed by atoms with Gasteiger partial charge in [-0.3, -0.25) is 9.59 Å². The van der Waals surface area contributed by atoms with Gasteiger partial charge >= 0.3 is 0 Å². The van der Waals surface area contributed by atoms with E-state index in [2.05, 4.69) is 5.32 Å². The van der Waals surface area contributed by atoms with E-state index >= 15 is 0 Å². The Hall–Kier alpha value is -2.24. The molecule has 1 aliphatic heterocycles. The van der Waals surface area contributed by atoms with Gasteiger partial charge in [-0.05, 0) is 68.4 Å². The van der Waals surface area contributed by atoms with Gasteiger partial charge in [-0.25, -0.2) is 0 Å². The first-order valence-electron chi connectivity index (χ1n) is 10.8. The van der Waals surface area contributed by atoms with E-state index in [0.29, 0.717) is 23.7 Å². The van der Waals surface area contributed by atoms with Crippen molar-refractivity contribution in [1.82, 2.24) is 5.32 Å². The highest BCUT2D eigenvalue weighted by Gasteiger charge is 2.52. The van der Waals surface area contributed by atoms with Crippen LogP contribution in [0.15, 0.2) is 18.2 Å². The zero-order valence-corrected chi connectivity index (χ0v) is 17.3. The second kappa shape index (κ2) is 6.92. The van der Waals surface area contributed by atoms with Crippen LogP contribution in [0.25, 0.3) is 0 Å². The van der Waals surface area contributed by atoms with Crippen molar-refractivity contribution in [3.05, 3.63) is 18.2 Å². The van der Waals surface area contributed by atoms with Crippen LogP contribution in [0.2, 0.25) is 0 Å². The van der Waals surface area contributed by atoms with Gasteiger partial charge in [0, 0.05) is 24.6 Å². The zero-order valence-electron chi connectivity index (χ0n) is 17.3. The lowest BCUT2D eigenvalue weighted by molar-refractivity contribution is -0.131. The number of ether oxygens (including phenoxy) is 2. The Labute approximate surface area is 171 Å². The minimum absolute atomic E-state index is 0.0179. The molecular formula is C23H30N2O4. The summed E-state index contributed by atoms with van der Waals surface area (Å²) in [5, 5.41) is 3.44. The Morgan fingerprint density at radius 3 is 2.31 bits per heavy atom. The van der Waals surface area contributed by atoms with Crippen molar-refractivity contribution in [2.75, 3.05) is 25.7 Å². The maximum Gasteiger partial charge on any atom is 0.227 e. The minimum atomic E-state index is -0.314. The van der Waals surface area contributed by atoms with Crippen molar-refractivity contribution in [1.29, 1.82) is 0 Å². The minimum Gasteiger partial charge on any atom is -0.497 e. The zero-order chi connectivity index (χ0) is 20.2. The standard InChI is InChI=1S/C23H30N2O4/c1-28-18-3-4-20(29-2)19(9-18)25-13-17(8-21(25)26)22(27)24-23-10-14-5-15(11-23)7-16(6-14)12-23/h3-4,9,14-17H,5-8,10-13H2,1-2H3,(H,24,27). The molecule has 4 bridgehead atoms. The molecule has 1 N–H and O–H groups in total. The first-order valence-corrected chi connectivity index (χ1v) is 10.8. The molecule has 156 valence electrons. The van der Waals surface area contributed by atoms with Crippen LogP contribution < -0.4 is 19.7 Å². The summed E-state index contributed by atoms with van der Waals surface area (Å²) in [7, 11) is 3.18. The van der Waals surface area contributed by atoms with Gasteiger partial charge in [-0.1, -0.05) is 0 Å². The van der Waals surface area contributed by atoms with Crippen LogP contribution in [0, 0.1) is 23.7 Å². The highest BCUT2D eigenvalue weighted by Crippen LogP contribution is 2.55. The number of nitrogens with zero attached hydrogens (tertiary/aromatic N) is 1. The van der Waals surface area contributed by atoms with Crippen molar-refractivity contribution in [3.63, 3.8) is 0 Å². The first-order chi connectivity index (χ1) is 14.0. The number of hydrogen-bond donors (Lipinski definition) is 1. The molecule has 29 heavy (non-hydrogen) atoms. The molecule has 0 aromatic heterocycles. The summed E-state index contributed by atoms with van der Waals surface area (Å²) in [5.74, 6) is 3.31. The van der Waals surface area contributed by atoms with Crippen LogP contribution in [-0.4, -0.2) is 38.1 Å². The maximum absolute atomic E-state index is 13.2. The number of carbonyl (C=O) groups is 2. The number of rotatable bonds is 5. The van der Waals surface area contributed by atoms with Crippen LogP contribution in [0.4, 0.5) is 5.69 Å². The molecule has 1 saturated heterocycles. The highest BCUT2D eigenvalue weighted by atomic mass is 16.5. The normalized spacial score (nSPS) is 35.1. The third kappa shape index (κ3) is 3.26. The first kappa shape index (κ1) is 18.8. The average Bonchev–Trinajstić information content (AvgIpc) is 3.07. The lowest BCUT2D eigenvalue weighted by Crippen LogP contribution is -2.60. The second-order valence-electron chi connectivity index (χ2n) is 9.63. The summed E-state index contributed by atoms with van der Waals surface area (Å²) in [5.41, 5.74) is 0.651. The smallest absolute Gasteiger partial charge is 0.227 e. The third-order valence-electron chi connectivity index (χ3n) is 7.60. The summed E-state index contributed by atoms with van der Waals surface area (Å²) >= 11 is 0. The van der Waals surface area contributed by atoms with E-state index < -0.39 is 0 Å². The van der Waals surface area contributed by atoms with Gasteiger partial charge in [-0.15, -0.1) is 0 Å². The Bertz CT molecular complexity index is 801. The second-order valence-corrected chi connectivity index (χ2v) is 9.63. The topological polar surface area (TPSA) is 67.9 Å². The molecule has 1 atom stereocenters. The van der Waals surface area contributed by atoms with Crippen molar-refractivity contribution in [3.8, 4) is 11.5 Å². The van der Waals surface area contributed by atoms with Gasteiger partial charge in [0.25, 0.3) is 0 Å². The predicted octanol–water partition coefficient (Wildman–Crippen LogP) is 3.14. The van der Waals surface area contributed by atoms with Gasteiger partial charge in [-0.2, -0.15) is 0 Å². The summed E-state index contributed by atoms with van der Waals surface area (Å²) in [6.45, 7) is 0.389. The third-order valence-corrected chi connectivity index (χ3v) is 7.60. The van der Waals surface area contributed by atoms with Gasteiger partial charge in [0.05, 0.1) is 25.8 Å². The number of nitrogens with one attached hydrogen (secondary N) is 1. The molecule has 5 fully saturated rings. The largest absolute Gasteiger partial charge is 0.497 e.